The average molecular weight is 142 g/mol. The Labute approximate surface area is 63.6 Å². The van der Waals surface area contributed by atoms with Crippen LogP contribution in [0.15, 0.2) is 0 Å². The predicted molar refractivity (Wildman–Crippen MR) is 44.2 cm³/mol. The van der Waals surface area contributed by atoms with Gasteiger partial charge in [0.05, 0.1) is 0 Å². The second-order valence-corrected chi connectivity index (χ2v) is 3.92. The van der Waals surface area contributed by atoms with E-state index in [2.05, 4.69) is 38.2 Å². The molecular weight excluding hydrogens is 124 g/mol. The van der Waals surface area contributed by atoms with E-state index in [4.69, 9.17) is 0 Å². The van der Waals surface area contributed by atoms with Gasteiger partial charge in [-0.3, -0.25) is 0 Å². The zero-order chi connectivity index (χ0) is 7.78. The minimum absolute atomic E-state index is 0.309. The molecule has 0 aliphatic carbocycles. The van der Waals surface area contributed by atoms with Gasteiger partial charge in [0.15, 0.2) is 0 Å². The number of likely N-dealkylation sites (N-methyl/N-ethyl adjacent to an activating group) is 1. The molecule has 2 heteroatoms. The molecule has 0 aromatic rings. The van der Waals surface area contributed by atoms with Crippen LogP contribution in [0.2, 0.25) is 0 Å². The first-order valence-electron chi connectivity index (χ1n) is 3.95. The van der Waals surface area contributed by atoms with E-state index in [1.807, 2.05) is 0 Å². The Morgan fingerprint density at radius 1 is 1.40 bits per heavy atom. The maximum atomic E-state index is 3.49. The Hall–Kier alpha value is -0.0800. The van der Waals surface area contributed by atoms with E-state index in [1.165, 1.54) is 6.42 Å². The van der Waals surface area contributed by atoms with Crippen LogP contribution in [0, 0.1) is 0 Å². The zero-order valence-corrected chi connectivity index (χ0v) is 7.44. The first-order chi connectivity index (χ1) is 4.54. The first kappa shape index (κ1) is 8.02. The lowest BCUT2D eigenvalue weighted by atomic mass is 9.96. The van der Waals surface area contributed by atoms with Gasteiger partial charge in [-0.1, -0.05) is 0 Å². The summed E-state index contributed by atoms with van der Waals surface area (Å²) in [6.07, 6.45) is 1.28. The molecule has 0 amide bonds. The fourth-order valence-corrected chi connectivity index (χ4v) is 1.91. The highest BCUT2D eigenvalue weighted by atomic mass is 15.2. The van der Waals surface area contributed by atoms with Crippen LogP contribution in [-0.4, -0.2) is 37.1 Å². The van der Waals surface area contributed by atoms with Crippen molar-refractivity contribution in [3.05, 3.63) is 0 Å². The monoisotopic (exact) mass is 142 g/mol. The number of hydrogen-bond acceptors (Lipinski definition) is 2. The lowest BCUT2D eigenvalue weighted by Gasteiger charge is -2.32. The molecule has 1 saturated heterocycles. The van der Waals surface area contributed by atoms with Crippen molar-refractivity contribution in [2.24, 2.45) is 0 Å². The van der Waals surface area contributed by atoms with Crippen LogP contribution < -0.4 is 5.32 Å². The Kier molecular flexibility index (Phi) is 2.02. The number of nitrogens with zero attached hydrogens (tertiary/aromatic N) is 1. The zero-order valence-electron chi connectivity index (χ0n) is 7.44. The van der Waals surface area contributed by atoms with Gasteiger partial charge in [-0.2, -0.15) is 0 Å². The normalized spacial score (nSPS) is 31.5. The molecule has 0 saturated carbocycles. The van der Waals surface area contributed by atoms with E-state index in [9.17, 15) is 0 Å². The summed E-state index contributed by atoms with van der Waals surface area (Å²) in [4.78, 5) is 2.31. The van der Waals surface area contributed by atoms with Crippen LogP contribution in [0.1, 0.15) is 20.3 Å². The summed E-state index contributed by atoms with van der Waals surface area (Å²) < 4.78 is 0. The lowest BCUT2D eigenvalue weighted by molar-refractivity contribution is 0.216. The third-order valence-corrected chi connectivity index (χ3v) is 2.45. The molecule has 1 atom stereocenters. The number of nitrogens with one attached hydrogen (secondary N) is 1. The summed E-state index contributed by atoms with van der Waals surface area (Å²) in [5.41, 5.74) is 0.309. The third-order valence-electron chi connectivity index (χ3n) is 2.45. The lowest BCUT2D eigenvalue weighted by Crippen LogP contribution is -2.48. The van der Waals surface area contributed by atoms with Crippen molar-refractivity contribution in [1.82, 2.24) is 10.2 Å². The fraction of sp³-hybridized carbons (Fsp3) is 1.00. The van der Waals surface area contributed by atoms with Crippen molar-refractivity contribution >= 4 is 0 Å². The molecule has 1 aliphatic heterocycles. The van der Waals surface area contributed by atoms with Gasteiger partial charge in [-0.05, 0) is 40.9 Å². The summed E-state index contributed by atoms with van der Waals surface area (Å²) in [5.74, 6) is 0. The molecule has 1 N–H and O–H groups in total. The first-order valence-corrected chi connectivity index (χ1v) is 3.95. The minimum Gasteiger partial charge on any atom is -0.310 e. The van der Waals surface area contributed by atoms with Crippen molar-refractivity contribution < 1.29 is 0 Å². The van der Waals surface area contributed by atoms with Gasteiger partial charge in [-0.15, -0.1) is 0 Å². The third kappa shape index (κ3) is 1.32. The van der Waals surface area contributed by atoms with Gasteiger partial charge in [-0.25, -0.2) is 0 Å². The van der Waals surface area contributed by atoms with Gasteiger partial charge in [0.2, 0.25) is 0 Å². The van der Waals surface area contributed by atoms with Gasteiger partial charge < -0.3 is 10.2 Å². The number of rotatable bonds is 1. The van der Waals surface area contributed by atoms with Gasteiger partial charge in [0.1, 0.15) is 0 Å². The molecular formula is C8H18N2. The van der Waals surface area contributed by atoms with Crippen LogP contribution in [0.25, 0.3) is 0 Å². The van der Waals surface area contributed by atoms with Crippen LogP contribution in [0.3, 0.4) is 0 Å². The second kappa shape index (κ2) is 2.51. The molecule has 1 fully saturated rings. The number of hydrogen-bond donors (Lipinski definition) is 1. The molecule has 0 unspecified atom stereocenters. The molecule has 0 aromatic carbocycles. The van der Waals surface area contributed by atoms with E-state index in [1.54, 1.807) is 0 Å². The molecule has 0 bridgehead atoms. The Morgan fingerprint density at radius 3 is 2.20 bits per heavy atom. The van der Waals surface area contributed by atoms with Crippen LogP contribution in [0.4, 0.5) is 0 Å². The quantitative estimate of drug-likeness (QED) is 0.579. The van der Waals surface area contributed by atoms with Crippen molar-refractivity contribution in [2.45, 2.75) is 31.8 Å². The molecule has 0 radical (unpaired) electrons. The van der Waals surface area contributed by atoms with Crippen LogP contribution in [-0.2, 0) is 0 Å². The van der Waals surface area contributed by atoms with Gasteiger partial charge in [0, 0.05) is 11.6 Å². The van der Waals surface area contributed by atoms with E-state index in [0.29, 0.717) is 11.6 Å². The molecule has 10 heavy (non-hydrogen) atoms. The fourth-order valence-electron chi connectivity index (χ4n) is 1.91. The molecule has 2 nitrogen and oxygen atoms in total. The van der Waals surface area contributed by atoms with Gasteiger partial charge in [0.25, 0.3) is 0 Å². The van der Waals surface area contributed by atoms with Crippen molar-refractivity contribution in [2.75, 3.05) is 20.6 Å². The standard InChI is InChI=1S/C8H18N2/c1-8(2)7(10(3)4)5-6-9-8/h7,9H,5-6H2,1-4H3/t7-/m0/s1. The molecule has 0 spiro atoms. The van der Waals surface area contributed by atoms with Crippen LogP contribution >= 0.6 is 0 Å². The van der Waals surface area contributed by atoms with E-state index < -0.39 is 0 Å². The van der Waals surface area contributed by atoms with E-state index in [0.717, 1.165) is 6.54 Å². The Bertz CT molecular complexity index is 118. The minimum atomic E-state index is 0.309. The van der Waals surface area contributed by atoms with Crippen molar-refractivity contribution in [3.63, 3.8) is 0 Å². The van der Waals surface area contributed by atoms with E-state index >= 15 is 0 Å². The van der Waals surface area contributed by atoms with Crippen LogP contribution in [0.5, 0.6) is 0 Å². The largest absolute Gasteiger partial charge is 0.310 e. The summed E-state index contributed by atoms with van der Waals surface area (Å²) in [6.45, 7) is 5.70. The predicted octanol–water partition coefficient (Wildman–Crippen LogP) is 0.688. The summed E-state index contributed by atoms with van der Waals surface area (Å²) >= 11 is 0. The van der Waals surface area contributed by atoms with Crippen molar-refractivity contribution in [3.8, 4) is 0 Å². The Morgan fingerprint density at radius 2 is 2.00 bits per heavy atom. The molecule has 1 heterocycles. The smallest absolute Gasteiger partial charge is 0.0280 e. The van der Waals surface area contributed by atoms with Gasteiger partial charge >= 0.3 is 0 Å². The molecule has 1 rings (SSSR count). The highest BCUT2D eigenvalue weighted by Crippen LogP contribution is 2.21. The Balaban J connectivity index is 2.59. The highest BCUT2D eigenvalue weighted by Gasteiger charge is 2.34. The van der Waals surface area contributed by atoms with Crippen molar-refractivity contribution in [1.29, 1.82) is 0 Å². The molecule has 60 valence electrons. The molecule has 0 aromatic heterocycles. The molecule has 1 aliphatic rings. The maximum Gasteiger partial charge on any atom is 0.0280 e. The topological polar surface area (TPSA) is 15.3 Å². The van der Waals surface area contributed by atoms with E-state index in [-0.39, 0.29) is 0 Å². The summed E-state index contributed by atoms with van der Waals surface area (Å²) in [5, 5.41) is 3.49. The second-order valence-electron chi connectivity index (χ2n) is 3.92. The summed E-state index contributed by atoms with van der Waals surface area (Å²) in [7, 11) is 4.30. The SMILES string of the molecule is CN(C)[C@H]1CCNC1(C)C. The maximum absolute atomic E-state index is 3.49. The highest BCUT2D eigenvalue weighted by molar-refractivity contribution is 4.96. The average Bonchev–Trinajstić information content (AvgIpc) is 2.08. The summed E-state index contributed by atoms with van der Waals surface area (Å²) in [6, 6.07) is 0.701.